The molecule has 13 nitrogen and oxygen atoms in total. The number of fused-ring (bicyclic) bond motifs is 1. The summed E-state index contributed by atoms with van der Waals surface area (Å²) in [6.45, 7) is 4.72. The van der Waals surface area contributed by atoms with Gasteiger partial charge in [0.25, 0.3) is 5.56 Å². The number of nitrogens with one attached hydrogen (secondary N) is 2. The summed E-state index contributed by atoms with van der Waals surface area (Å²) in [7, 11) is -2.53. The highest BCUT2D eigenvalue weighted by Crippen LogP contribution is 2.61. The van der Waals surface area contributed by atoms with Gasteiger partial charge in [-0.1, -0.05) is 5.92 Å². The molecule has 2 aliphatic heterocycles. The van der Waals surface area contributed by atoms with Crippen molar-refractivity contribution in [3.8, 4) is 12.3 Å². The number of carbonyl (C=O) groups is 2. The van der Waals surface area contributed by atoms with E-state index in [0.29, 0.717) is 0 Å². The van der Waals surface area contributed by atoms with E-state index in [4.69, 9.17) is 24.9 Å². The molecule has 36 heavy (non-hydrogen) atoms. The second-order valence-corrected chi connectivity index (χ2v) is 11.1. The largest absolute Gasteiger partial charge is 0.461 e. The number of alkyl carbamates (subject to hydrolysis) is 1. The summed E-state index contributed by atoms with van der Waals surface area (Å²) in [5.41, 5.74) is -2.33. The minimum atomic E-state index is -3.69. The van der Waals surface area contributed by atoms with Gasteiger partial charge in [-0.15, -0.1) is 6.42 Å². The second-order valence-electron chi connectivity index (χ2n) is 8.96. The van der Waals surface area contributed by atoms with Crippen molar-refractivity contribution in [1.29, 1.82) is 0 Å². The summed E-state index contributed by atoms with van der Waals surface area (Å²) in [4.78, 5) is 49.9. The molecule has 0 aromatic carbocycles. The van der Waals surface area contributed by atoms with E-state index in [-0.39, 0.29) is 25.8 Å². The smallest absolute Gasteiger partial charge is 0.407 e. The van der Waals surface area contributed by atoms with Crippen LogP contribution in [0.25, 0.3) is 0 Å². The maximum Gasteiger partial charge on any atom is 0.407 e. The number of methoxy groups -OCH3 is 1. The van der Waals surface area contributed by atoms with Crippen molar-refractivity contribution < 1.29 is 37.4 Å². The number of aromatic amines is 1. The lowest BCUT2D eigenvalue weighted by molar-refractivity contribution is -0.150. The molecule has 0 aliphatic carbocycles. The molecule has 198 valence electrons. The van der Waals surface area contributed by atoms with Crippen LogP contribution >= 0.6 is 7.60 Å². The molecule has 1 unspecified atom stereocenters. The Hall–Kier alpha value is -2.91. The minimum Gasteiger partial charge on any atom is -0.461 e. The molecule has 2 aliphatic rings. The molecule has 0 radical (unpaired) electrons. The number of terminal acetylenes is 1. The van der Waals surface area contributed by atoms with E-state index >= 15 is 0 Å². The average molecular weight is 527 g/mol. The lowest BCUT2D eigenvalue weighted by atomic mass is 9.77. The highest BCUT2D eigenvalue weighted by Gasteiger charge is 2.58. The molecule has 0 bridgehead atoms. The number of aromatic nitrogens is 2. The number of hydrogen-bond donors (Lipinski definition) is 2. The fraction of sp³-hybridized carbons (Fsp3) is 0.636. The molecule has 1 aromatic rings. The number of ether oxygens (including phenoxy) is 3. The zero-order valence-corrected chi connectivity index (χ0v) is 21.3. The van der Waals surface area contributed by atoms with Crippen molar-refractivity contribution in [1.82, 2.24) is 14.9 Å². The molecule has 3 heterocycles. The van der Waals surface area contributed by atoms with Gasteiger partial charge in [-0.05, 0) is 20.8 Å². The van der Waals surface area contributed by atoms with E-state index in [1.807, 2.05) is 0 Å². The number of amides is 1. The van der Waals surface area contributed by atoms with Gasteiger partial charge in [0, 0.05) is 24.6 Å². The standard InChI is InChI=1S/C22H30N3O10P/c1-6-22(4)14-12-36(30,32-10-8-15(23-21(29)31-5)18(27)34-13(2)3)33-11-16(14)35-19(22)25-9-7-17(26)24-20(25)28/h1,7,9,13-16,19H,8,10-12H2,2-5H3,(H,23,29)(H,24,26,28)/t14-,15+,16-,19-,22-,36?/m1/s1. The first-order chi connectivity index (χ1) is 16.9. The molecular weight excluding hydrogens is 497 g/mol. The van der Waals surface area contributed by atoms with Gasteiger partial charge in [0.2, 0.25) is 0 Å². The van der Waals surface area contributed by atoms with Crippen molar-refractivity contribution >= 4 is 19.7 Å². The van der Waals surface area contributed by atoms with Crippen molar-refractivity contribution in [2.45, 2.75) is 51.7 Å². The first-order valence-electron chi connectivity index (χ1n) is 11.3. The zero-order chi connectivity index (χ0) is 26.7. The Balaban J connectivity index is 1.71. The highest BCUT2D eigenvalue weighted by atomic mass is 31.2. The van der Waals surface area contributed by atoms with E-state index in [9.17, 15) is 23.7 Å². The molecule has 3 rings (SSSR count). The number of nitrogens with zero attached hydrogens (tertiary/aromatic N) is 1. The number of H-pyrrole nitrogens is 1. The van der Waals surface area contributed by atoms with Crippen LogP contribution in [0, 0.1) is 23.7 Å². The Bertz CT molecular complexity index is 1190. The summed E-state index contributed by atoms with van der Waals surface area (Å²) in [6.07, 6.45) is 4.24. The lowest BCUT2D eigenvalue weighted by Crippen LogP contribution is -2.43. The molecule has 2 saturated heterocycles. The van der Waals surface area contributed by atoms with Crippen molar-refractivity contribution in [3.63, 3.8) is 0 Å². The number of esters is 1. The summed E-state index contributed by atoms with van der Waals surface area (Å²) in [6, 6.07) is 0.0864. The number of hydrogen-bond acceptors (Lipinski definition) is 10. The lowest BCUT2D eigenvalue weighted by Gasteiger charge is -2.35. The summed E-state index contributed by atoms with van der Waals surface area (Å²) < 4.78 is 41.4. The molecule has 2 N–H and O–H groups in total. The Morgan fingerprint density at radius 1 is 1.42 bits per heavy atom. The van der Waals surface area contributed by atoms with Gasteiger partial charge in [0.15, 0.2) is 6.23 Å². The number of rotatable bonds is 8. The molecule has 1 amide bonds. The van der Waals surface area contributed by atoms with E-state index in [2.05, 4.69) is 21.0 Å². The zero-order valence-electron chi connectivity index (χ0n) is 20.4. The van der Waals surface area contributed by atoms with E-state index in [1.54, 1.807) is 20.8 Å². The third-order valence-electron chi connectivity index (χ3n) is 6.11. The van der Waals surface area contributed by atoms with Gasteiger partial charge in [0.05, 0.1) is 44.1 Å². The minimum absolute atomic E-state index is 0.0552. The fourth-order valence-corrected chi connectivity index (χ4v) is 6.36. The summed E-state index contributed by atoms with van der Waals surface area (Å²) >= 11 is 0. The Labute approximate surface area is 207 Å². The molecule has 2 fully saturated rings. The van der Waals surface area contributed by atoms with E-state index in [0.717, 1.165) is 7.11 Å². The Morgan fingerprint density at radius 2 is 2.14 bits per heavy atom. The van der Waals surface area contributed by atoms with Crippen LogP contribution in [0.4, 0.5) is 4.79 Å². The quantitative estimate of drug-likeness (QED) is 0.283. The monoisotopic (exact) mass is 527 g/mol. The van der Waals surface area contributed by atoms with Crippen LogP contribution in [-0.4, -0.2) is 66.3 Å². The van der Waals surface area contributed by atoms with E-state index < -0.39 is 66.7 Å². The van der Waals surface area contributed by atoms with Crippen LogP contribution in [-0.2, 0) is 32.6 Å². The van der Waals surface area contributed by atoms with E-state index in [1.165, 1.54) is 16.8 Å². The molecule has 0 saturated carbocycles. The normalized spacial score (nSPS) is 30.2. The average Bonchev–Trinajstić information content (AvgIpc) is 3.09. The van der Waals surface area contributed by atoms with Gasteiger partial charge in [-0.3, -0.25) is 18.9 Å². The maximum atomic E-state index is 13.4. The van der Waals surface area contributed by atoms with Crippen LogP contribution in [0.1, 0.15) is 33.4 Å². The fourth-order valence-electron chi connectivity index (χ4n) is 4.22. The third kappa shape index (κ3) is 5.90. The third-order valence-corrected chi connectivity index (χ3v) is 8.07. The highest BCUT2D eigenvalue weighted by molar-refractivity contribution is 7.53. The van der Waals surface area contributed by atoms with Crippen LogP contribution in [0.5, 0.6) is 0 Å². The maximum absolute atomic E-state index is 13.4. The number of carbonyl (C=O) groups excluding carboxylic acids is 2. The van der Waals surface area contributed by atoms with Crippen molar-refractivity contribution in [2.24, 2.45) is 11.3 Å². The molecule has 0 spiro atoms. The molecule has 14 heteroatoms. The molecular formula is C22H30N3O10P. The van der Waals surface area contributed by atoms with Crippen LogP contribution < -0.4 is 16.6 Å². The second kappa shape index (κ2) is 11.0. The predicted molar refractivity (Wildman–Crippen MR) is 125 cm³/mol. The Kier molecular flexibility index (Phi) is 8.46. The van der Waals surface area contributed by atoms with Crippen LogP contribution in [0.3, 0.4) is 0 Å². The SMILES string of the molecule is C#C[C@]1(C)[C@@H]2CP(=O)(OCC[C@H](NC(=O)OC)C(=O)OC(C)C)OC[C@H]2O[C@H]1n1ccc(=O)[nH]c1=O. The van der Waals surface area contributed by atoms with Crippen LogP contribution in [0.2, 0.25) is 0 Å². The summed E-state index contributed by atoms with van der Waals surface area (Å²) in [5, 5.41) is 2.36. The van der Waals surface area contributed by atoms with Gasteiger partial charge >= 0.3 is 25.3 Å². The van der Waals surface area contributed by atoms with Gasteiger partial charge in [-0.2, -0.15) is 0 Å². The Morgan fingerprint density at radius 3 is 2.75 bits per heavy atom. The molecule has 6 atom stereocenters. The van der Waals surface area contributed by atoms with Crippen LogP contribution in [0.15, 0.2) is 21.9 Å². The molecule has 1 aromatic heterocycles. The first kappa shape index (κ1) is 27.7. The van der Waals surface area contributed by atoms with Crippen molar-refractivity contribution in [3.05, 3.63) is 33.1 Å². The van der Waals surface area contributed by atoms with Crippen molar-refractivity contribution in [2.75, 3.05) is 26.5 Å². The summed E-state index contributed by atoms with van der Waals surface area (Å²) in [5.74, 6) is 1.48. The van der Waals surface area contributed by atoms with Gasteiger partial charge in [0.1, 0.15) is 6.04 Å². The van der Waals surface area contributed by atoms with Gasteiger partial charge in [-0.25, -0.2) is 14.4 Å². The first-order valence-corrected chi connectivity index (χ1v) is 13.0. The topological polar surface area (TPSA) is 164 Å². The predicted octanol–water partition coefficient (Wildman–Crippen LogP) is 0.996. The van der Waals surface area contributed by atoms with Gasteiger partial charge < -0.3 is 28.6 Å².